The van der Waals surface area contributed by atoms with Crippen LogP contribution in [0.25, 0.3) is 0 Å². The summed E-state index contributed by atoms with van der Waals surface area (Å²) in [6.45, 7) is 1.51. The summed E-state index contributed by atoms with van der Waals surface area (Å²) in [6.07, 6.45) is 0.785. The molecule has 1 amide bonds. The maximum absolute atomic E-state index is 11.4. The Hall–Kier alpha value is -0.520. The molecule has 0 spiro atoms. The van der Waals surface area contributed by atoms with Crippen molar-refractivity contribution in [1.29, 1.82) is 0 Å². The van der Waals surface area contributed by atoms with E-state index in [1.165, 1.54) is 0 Å². The molecule has 0 saturated carbocycles. The van der Waals surface area contributed by atoms with Crippen LogP contribution in [0.3, 0.4) is 0 Å². The molecule has 0 aromatic carbocycles. The minimum atomic E-state index is -1.08. The Morgan fingerprint density at radius 3 is 3.17 bits per heavy atom. The van der Waals surface area contributed by atoms with Gasteiger partial charge in [0, 0.05) is 13.0 Å². The molecule has 2 heterocycles. The van der Waals surface area contributed by atoms with Crippen molar-refractivity contribution in [2.24, 2.45) is 0 Å². The fraction of sp³-hybridized carbons (Fsp3) is 0.571. The Morgan fingerprint density at radius 1 is 1.50 bits per heavy atom. The Kier molecular flexibility index (Phi) is 2.08. The molecule has 66 valence electrons. The van der Waals surface area contributed by atoms with Crippen LogP contribution in [0.4, 0.5) is 0 Å². The van der Waals surface area contributed by atoms with E-state index < -0.39 is 11.2 Å². The van der Waals surface area contributed by atoms with Gasteiger partial charge in [0.15, 0.2) is 10.7 Å². The third-order valence-electron chi connectivity index (χ3n) is 2.00. The molecule has 4 nitrogen and oxygen atoms in total. The molecule has 1 atom stereocenters. The van der Waals surface area contributed by atoms with E-state index in [0.29, 0.717) is 6.54 Å². The summed E-state index contributed by atoms with van der Waals surface area (Å²) in [5.41, 5.74) is 0.878. The van der Waals surface area contributed by atoms with E-state index in [1.54, 1.807) is 0 Å². The molecule has 2 N–H and O–H groups in total. The van der Waals surface area contributed by atoms with Crippen LogP contribution in [0.5, 0.6) is 0 Å². The van der Waals surface area contributed by atoms with E-state index in [4.69, 9.17) is 0 Å². The normalized spacial score (nSPS) is 29.8. The minimum Gasteiger partial charge on any atom is -0.611 e. The van der Waals surface area contributed by atoms with Gasteiger partial charge in [-0.2, -0.15) is 0 Å². The predicted octanol–water partition coefficient (Wildman–Crippen LogP) is -0.930. The average molecular weight is 186 g/mol. The van der Waals surface area contributed by atoms with Gasteiger partial charge in [0.2, 0.25) is 0 Å². The molecule has 0 fully saturated rings. The van der Waals surface area contributed by atoms with Crippen LogP contribution in [0, 0.1) is 0 Å². The lowest BCUT2D eigenvalue weighted by molar-refractivity contribution is -0.118. The van der Waals surface area contributed by atoms with Crippen LogP contribution in [-0.2, 0) is 16.0 Å². The highest BCUT2D eigenvalue weighted by atomic mass is 32.2. The van der Waals surface area contributed by atoms with Crippen LogP contribution >= 0.6 is 0 Å². The smallest absolute Gasteiger partial charge is 0.274 e. The monoisotopic (exact) mass is 186 g/mol. The summed E-state index contributed by atoms with van der Waals surface area (Å²) >= 11 is -1.08. The molecule has 0 bridgehead atoms. The van der Waals surface area contributed by atoms with Crippen LogP contribution in [0.1, 0.15) is 6.42 Å². The zero-order chi connectivity index (χ0) is 8.55. The molecule has 5 heteroatoms. The van der Waals surface area contributed by atoms with Gasteiger partial charge >= 0.3 is 0 Å². The highest BCUT2D eigenvalue weighted by Crippen LogP contribution is 2.20. The lowest BCUT2D eigenvalue weighted by Crippen LogP contribution is -2.43. The molecule has 0 aromatic rings. The molecule has 12 heavy (non-hydrogen) atoms. The molecule has 2 aliphatic heterocycles. The number of nitrogens with one attached hydrogen (secondary N) is 2. The summed E-state index contributed by atoms with van der Waals surface area (Å²) in [7, 11) is 0. The Labute approximate surface area is 73.6 Å². The first-order valence-electron chi connectivity index (χ1n) is 3.88. The molecule has 0 radical (unpaired) electrons. The molecule has 0 aliphatic carbocycles. The van der Waals surface area contributed by atoms with Crippen LogP contribution < -0.4 is 10.6 Å². The number of amides is 1. The SMILES string of the molecule is O=C1C[S@@+]([O-])C2=C(CCNC2)N1. The van der Waals surface area contributed by atoms with Crippen LogP contribution in [-0.4, -0.2) is 29.3 Å². The third-order valence-corrected chi connectivity index (χ3v) is 3.47. The van der Waals surface area contributed by atoms with E-state index in [9.17, 15) is 9.35 Å². The second kappa shape index (κ2) is 3.08. The van der Waals surface area contributed by atoms with Crippen molar-refractivity contribution in [2.45, 2.75) is 6.42 Å². The first-order valence-corrected chi connectivity index (χ1v) is 5.20. The maximum Gasteiger partial charge on any atom is 0.274 e. The summed E-state index contributed by atoms with van der Waals surface area (Å²) < 4.78 is 11.4. The van der Waals surface area contributed by atoms with Crippen LogP contribution in [0.2, 0.25) is 0 Å². The standard InChI is InChI=1S/C7H10N2O2S/c10-7-4-12(11)6-3-8-2-1-5(6)9-7/h8H,1-4H2,(H,9,10)/t12-/m1/s1. The summed E-state index contributed by atoms with van der Waals surface area (Å²) in [5.74, 6) is 0.00883. The lowest BCUT2D eigenvalue weighted by Gasteiger charge is -2.26. The fourth-order valence-electron chi connectivity index (χ4n) is 1.42. The first kappa shape index (κ1) is 8.10. The number of rotatable bonds is 0. The van der Waals surface area contributed by atoms with Crippen molar-refractivity contribution in [1.82, 2.24) is 10.6 Å². The quantitative estimate of drug-likeness (QED) is 0.480. The zero-order valence-corrected chi connectivity index (χ0v) is 7.37. The molecule has 2 rings (SSSR count). The maximum atomic E-state index is 11.4. The summed E-state index contributed by atoms with van der Waals surface area (Å²) in [6, 6.07) is 0. The van der Waals surface area contributed by atoms with Gasteiger partial charge in [-0.15, -0.1) is 0 Å². The van der Waals surface area contributed by atoms with Gasteiger partial charge < -0.3 is 15.2 Å². The van der Waals surface area contributed by atoms with Crippen molar-refractivity contribution in [3.63, 3.8) is 0 Å². The summed E-state index contributed by atoms with van der Waals surface area (Å²) in [4.78, 5) is 11.8. The topological polar surface area (TPSA) is 64.2 Å². The first-order chi connectivity index (χ1) is 5.77. The largest absolute Gasteiger partial charge is 0.611 e. The van der Waals surface area contributed by atoms with Gasteiger partial charge in [-0.3, -0.25) is 4.79 Å². The van der Waals surface area contributed by atoms with Gasteiger partial charge in [0.05, 0.1) is 12.2 Å². The lowest BCUT2D eigenvalue weighted by atomic mass is 10.2. The Balaban J connectivity index is 2.26. The van der Waals surface area contributed by atoms with Gasteiger partial charge in [0.25, 0.3) is 5.91 Å². The van der Waals surface area contributed by atoms with Gasteiger partial charge in [-0.05, 0) is 11.2 Å². The Morgan fingerprint density at radius 2 is 2.33 bits per heavy atom. The Bertz CT molecular complexity index is 252. The zero-order valence-electron chi connectivity index (χ0n) is 6.55. The van der Waals surface area contributed by atoms with Gasteiger partial charge in [0.1, 0.15) is 0 Å². The van der Waals surface area contributed by atoms with Crippen molar-refractivity contribution >= 4 is 17.1 Å². The number of carbonyl (C=O) groups excluding carboxylic acids is 1. The van der Waals surface area contributed by atoms with Crippen molar-refractivity contribution in [3.05, 3.63) is 10.6 Å². The van der Waals surface area contributed by atoms with Gasteiger partial charge in [-0.1, -0.05) is 0 Å². The molecular formula is C7H10N2O2S. The molecular weight excluding hydrogens is 176 g/mol. The highest BCUT2D eigenvalue weighted by molar-refractivity contribution is 7.96. The van der Waals surface area contributed by atoms with Crippen molar-refractivity contribution in [3.8, 4) is 0 Å². The molecule has 0 aromatic heterocycles. The fourth-order valence-corrected chi connectivity index (χ4v) is 2.60. The van der Waals surface area contributed by atoms with E-state index in [2.05, 4.69) is 10.6 Å². The van der Waals surface area contributed by atoms with E-state index in [-0.39, 0.29) is 11.7 Å². The number of carbonyl (C=O) groups is 1. The molecule has 0 saturated heterocycles. The second-order valence-electron chi connectivity index (χ2n) is 2.87. The van der Waals surface area contributed by atoms with Crippen molar-refractivity contribution < 1.29 is 9.35 Å². The van der Waals surface area contributed by atoms with Crippen molar-refractivity contribution in [2.75, 3.05) is 18.8 Å². The molecule has 0 unspecified atom stereocenters. The number of hydrogen-bond donors (Lipinski definition) is 2. The van der Waals surface area contributed by atoms with E-state index in [1.807, 2.05) is 0 Å². The third kappa shape index (κ3) is 1.35. The second-order valence-corrected chi connectivity index (χ2v) is 4.34. The number of hydrogen-bond acceptors (Lipinski definition) is 3. The average Bonchev–Trinajstić information content (AvgIpc) is 2.04. The highest BCUT2D eigenvalue weighted by Gasteiger charge is 2.31. The predicted molar refractivity (Wildman–Crippen MR) is 45.7 cm³/mol. The van der Waals surface area contributed by atoms with Crippen LogP contribution in [0.15, 0.2) is 10.6 Å². The van der Waals surface area contributed by atoms with Gasteiger partial charge in [-0.25, -0.2) is 0 Å². The van der Waals surface area contributed by atoms with E-state index in [0.717, 1.165) is 23.6 Å². The molecule has 2 aliphatic rings. The van der Waals surface area contributed by atoms with E-state index >= 15 is 0 Å². The summed E-state index contributed by atoms with van der Waals surface area (Å²) in [5, 5.41) is 5.88. The minimum absolute atomic E-state index is 0.117.